The number of non-ortho nitro benzene ring substituents is 1. The molecule has 4 heteroatoms. The highest BCUT2D eigenvalue weighted by atomic mass is 16.6. The molecule has 2 aromatic rings. The Kier molecular flexibility index (Phi) is 3.86. The summed E-state index contributed by atoms with van der Waals surface area (Å²) in [6.07, 6.45) is 4.05. The van der Waals surface area contributed by atoms with E-state index in [2.05, 4.69) is 0 Å². The first-order valence-corrected chi connectivity index (χ1v) is 7.21. The fourth-order valence-corrected chi connectivity index (χ4v) is 2.78. The molecule has 0 saturated carbocycles. The minimum Gasteiger partial charge on any atom is -0.488 e. The van der Waals surface area contributed by atoms with Crippen LogP contribution in [0.3, 0.4) is 0 Å². The van der Waals surface area contributed by atoms with Gasteiger partial charge in [0.05, 0.1) is 11.0 Å². The summed E-state index contributed by atoms with van der Waals surface area (Å²) in [4.78, 5) is 10.7. The summed E-state index contributed by atoms with van der Waals surface area (Å²) in [5.74, 6) is 0.669. The van der Waals surface area contributed by atoms with Crippen molar-refractivity contribution in [3.05, 3.63) is 69.3 Å². The topological polar surface area (TPSA) is 52.4 Å². The molecule has 0 spiro atoms. The molecular weight excluding hydrogens is 266 g/mol. The van der Waals surface area contributed by atoms with Crippen LogP contribution < -0.4 is 4.74 Å². The Morgan fingerprint density at radius 1 is 1.10 bits per heavy atom. The van der Waals surface area contributed by atoms with Gasteiger partial charge in [-0.15, -0.1) is 0 Å². The number of hydrogen-bond acceptors (Lipinski definition) is 3. The number of nitrogens with zero attached hydrogens (tertiary/aromatic N) is 1. The molecular formula is C17H17NO3. The highest BCUT2D eigenvalue weighted by Crippen LogP contribution is 2.34. The summed E-state index contributed by atoms with van der Waals surface area (Å²) in [5.41, 5.74) is 3.40. The van der Waals surface area contributed by atoms with Gasteiger partial charge in [0.2, 0.25) is 0 Å². The second kappa shape index (κ2) is 5.95. The lowest BCUT2D eigenvalue weighted by Crippen LogP contribution is -2.07. The number of benzene rings is 2. The predicted molar refractivity (Wildman–Crippen MR) is 80.5 cm³/mol. The van der Waals surface area contributed by atoms with Gasteiger partial charge < -0.3 is 4.74 Å². The van der Waals surface area contributed by atoms with Gasteiger partial charge in [-0.3, -0.25) is 10.1 Å². The summed E-state index contributed by atoms with van der Waals surface area (Å²) >= 11 is 0. The second-order valence-electron chi connectivity index (χ2n) is 5.32. The molecule has 21 heavy (non-hydrogen) atoms. The van der Waals surface area contributed by atoms with E-state index in [1.165, 1.54) is 0 Å². The van der Waals surface area contributed by atoms with Crippen LogP contribution in [0.4, 0.5) is 5.69 Å². The molecule has 0 aliphatic heterocycles. The van der Waals surface area contributed by atoms with Crippen molar-refractivity contribution in [1.82, 2.24) is 0 Å². The largest absolute Gasteiger partial charge is 0.488 e. The Hall–Kier alpha value is -2.36. The highest BCUT2D eigenvalue weighted by Gasteiger charge is 2.20. The Morgan fingerprint density at radius 3 is 2.62 bits per heavy atom. The molecule has 0 bridgehead atoms. The Labute approximate surface area is 123 Å². The van der Waals surface area contributed by atoms with Crippen LogP contribution in [0.15, 0.2) is 42.5 Å². The third-order valence-corrected chi connectivity index (χ3v) is 3.86. The number of ether oxygens (including phenoxy) is 1. The zero-order valence-electron chi connectivity index (χ0n) is 11.7. The van der Waals surface area contributed by atoms with E-state index in [9.17, 15) is 10.1 Å². The maximum absolute atomic E-state index is 11.1. The summed E-state index contributed by atoms with van der Waals surface area (Å²) in [6, 6.07) is 13.1. The van der Waals surface area contributed by atoms with Crippen LogP contribution in [0.1, 0.15) is 29.5 Å². The van der Waals surface area contributed by atoms with Gasteiger partial charge in [0.25, 0.3) is 5.69 Å². The molecule has 4 nitrogen and oxygen atoms in total. The van der Waals surface area contributed by atoms with Crippen molar-refractivity contribution in [1.29, 1.82) is 0 Å². The zero-order valence-corrected chi connectivity index (χ0v) is 11.7. The normalized spacial score (nSPS) is 13.5. The van der Waals surface area contributed by atoms with Crippen molar-refractivity contribution in [3.63, 3.8) is 0 Å². The van der Waals surface area contributed by atoms with E-state index < -0.39 is 0 Å². The SMILES string of the molecule is O=[N+]([O-])c1cc2c(c(OCc3ccccc3)c1)CCCC2. The molecule has 0 aromatic heterocycles. The number of nitro groups is 1. The van der Waals surface area contributed by atoms with Crippen LogP contribution in [0.25, 0.3) is 0 Å². The van der Waals surface area contributed by atoms with Gasteiger partial charge in [0.1, 0.15) is 12.4 Å². The van der Waals surface area contributed by atoms with Crippen LogP contribution in [-0.2, 0) is 19.4 Å². The predicted octanol–water partition coefficient (Wildman–Crippen LogP) is 4.05. The first kappa shape index (κ1) is 13.6. The monoisotopic (exact) mass is 283 g/mol. The summed E-state index contributed by atoms with van der Waals surface area (Å²) in [7, 11) is 0. The number of fused-ring (bicyclic) bond motifs is 1. The molecule has 0 N–H and O–H groups in total. The van der Waals surface area contributed by atoms with Crippen LogP contribution >= 0.6 is 0 Å². The maximum Gasteiger partial charge on any atom is 0.273 e. The van der Waals surface area contributed by atoms with Gasteiger partial charge in [-0.2, -0.15) is 0 Å². The van der Waals surface area contributed by atoms with E-state index in [1.54, 1.807) is 12.1 Å². The summed E-state index contributed by atoms with van der Waals surface area (Å²) < 4.78 is 5.88. The minimum atomic E-state index is -0.343. The van der Waals surface area contributed by atoms with Gasteiger partial charge in [0, 0.05) is 6.07 Å². The fraction of sp³-hybridized carbons (Fsp3) is 0.294. The van der Waals surface area contributed by atoms with Crippen LogP contribution in [0.2, 0.25) is 0 Å². The van der Waals surface area contributed by atoms with E-state index >= 15 is 0 Å². The molecule has 108 valence electrons. The van der Waals surface area contributed by atoms with Crippen LogP contribution in [-0.4, -0.2) is 4.92 Å². The lowest BCUT2D eigenvalue weighted by Gasteiger charge is -2.19. The standard InChI is InChI=1S/C17H17NO3/c19-18(20)15-10-14-8-4-5-9-16(14)17(11-15)21-12-13-6-2-1-3-7-13/h1-3,6-7,10-11H,4-5,8-9,12H2. The molecule has 1 aliphatic carbocycles. The van der Waals surface area contributed by atoms with E-state index in [0.717, 1.165) is 42.4 Å². The van der Waals surface area contributed by atoms with E-state index in [4.69, 9.17) is 4.74 Å². The van der Waals surface area contributed by atoms with Gasteiger partial charge >= 0.3 is 0 Å². The van der Waals surface area contributed by atoms with Crippen molar-refractivity contribution >= 4 is 5.69 Å². The van der Waals surface area contributed by atoms with E-state index in [1.807, 2.05) is 30.3 Å². The lowest BCUT2D eigenvalue weighted by molar-refractivity contribution is -0.385. The van der Waals surface area contributed by atoms with Gasteiger partial charge in [-0.25, -0.2) is 0 Å². The van der Waals surface area contributed by atoms with E-state index in [0.29, 0.717) is 12.4 Å². The van der Waals surface area contributed by atoms with Crippen molar-refractivity contribution in [2.24, 2.45) is 0 Å². The fourth-order valence-electron chi connectivity index (χ4n) is 2.78. The van der Waals surface area contributed by atoms with Crippen molar-refractivity contribution in [2.75, 3.05) is 0 Å². The molecule has 0 saturated heterocycles. The molecule has 0 fully saturated rings. The van der Waals surface area contributed by atoms with Crippen LogP contribution in [0, 0.1) is 10.1 Å². The molecule has 0 heterocycles. The Balaban J connectivity index is 1.89. The van der Waals surface area contributed by atoms with Crippen molar-refractivity contribution in [2.45, 2.75) is 32.3 Å². The zero-order chi connectivity index (χ0) is 14.7. The average molecular weight is 283 g/mol. The molecule has 0 amide bonds. The number of aryl methyl sites for hydroxylation is 1. The third-order valence-electron chi connectivity index (χ3n) is 3.86. The lowest BCUT2D eigenvalue weighted by atomic mass is 9.90. The molecule has 0 radical (unpaired) electrons. The molecule has 0 atom stereocenters. The van der Waals surface area contributed by atoms with E-state index in [-0.39, 0.29) is 10.6 Å². The summed E-state index contributed by atoms with van der Waals surface area (Å²) in [5, 5.41) is 11.1. The van der Waals surface area contributed by atoms with Crippen molar-refractivity contribution in [3.8, 4) is 5.75 Å². The van der Waals surface area contributed by atoms with Crippen LogP contribution in [0.5, 0.6) is 5.75 Å². The molecule has 0 unspecified atom stereocenters. The number of hydrogen-bond donors (Lipinski definition) is 0. The first-order valence-electron chi connectivity index (χ1n) is 7.21. The Bertz CT molecular complexity index is 653. The van der Waals surface area contributed by atoms with Crippen molar-refractivity contribution < 1.29 is 9.66 Å². The second-order valence-corrected chi connectivity index (χ2v) is 5.32. The highest BCUT2D eigenvalue weighted by molar-refractivity contribution is 5.50. The average Bonchev–Trinajstić information content (AvgIpc) is 2.53. The quantitative estimate of drug-likeness (QED) is 0.628. The number of nitro benzene ring substituents is 1. The van der Waals surface area contributed by atoms with Gasteiger partial charge in [-0.1, -0.05) is 30.3 Å². The third kappa shape index (κ3) is 3.05. The van der Waals surface area contributed by atoms with Gasteiger partial charge in [-0.05, 0) is 42.4 Å². The minimum absolute atomic E-state index is 0.124. The van der Waals surface area contributed by atoms with Gasteiger partial charge in [0.15, 0.2) is 0 Å². The Morgan fingerprint density at radius 2 is 1.86 bits per heavy atom. The summed E-state index contributed by atoms with van der Waals surface area (Å²) in [6.45, 7) is 0.439. The molecule has 1 aliphatic rings. The molecule has 3 rings (SSSR count). The number of rotatable bonds is 4. The first-order chi connectivity index (χ1) is 10.2. The smallest absolute Gasteiger partial charge is 0.273 e. The molecule has 2 aromatic carbocycles. The maximum atomic E-state index is 11.1.